The van der Waals surface area contributed by atoms with Crippen LogP contribution < -0.4 is 41.7 Å². The highest BCUT2D eigenvalue weighted by molar-refractivity contribution is 14.1. The Balaban J connectivity index is 0.000000143. The molecule has 8 heterocycles. The van der Waals surface area contributed by atoms with Crippen molar-refractivity contribution in [2.75, 3.05) is 0 Å². The molecule has 13 rings (SSSR count). The summed E-state index contributed by atoms with van der Waals surface area (Å²) in [7, 11) is 6.15. The second-order valence-electron chi connectivity index (χ2n) is 21.7. The van der Waals surface area contributed by atoms with Crippen molar-refractivity contribution in [3.63, 3.8) is 0 Å². The molecule has 0 unspecified atom stereocenters. The Morgan fingerprint density at radius 1 is 0.411 bits per heavy atom. The van der Waals surface area contributed by atoms with Crippen LogP contribution in [-0.4, -0.2) is 99.1 Å². The Bertz CT molecular complexity index is 5000. The van der Waals surface area contributed by atoms with Crippen molar-refractivity contribution >= 4 is 22.6 Å². The lowest BCUT2D eigenvalue weighted by Gasteiger charge is -2.14. The van der Waals surface area contributed by atoms with Crippen molar-refractivity contribution in [3.8, 4) is 46.3 Å². The number of nitrogens with zero attached hydrogens (tertiary/aromatic N) is 20. The molecule has 1 saturated carbocycles. The quantitative estimate of drug-likeness (QED) is 0.0758. The number of tetrazole rings is 4. The minimum atomic E-state index is -0.375. The van der Waals surface area contributed by atoms with Crippen molar-refractivity contribution in [2.24, 2.45) is 28.2 Å². The molecule has 12 aromatic rings. The van der Waals surface area contributed by atoms with Gasteiger partial charge in [-0.05, 0) is 212 Å². The van der Waals surface area contributed by atoms with Crippen LogP contribution in [0.25, 0.3) is 23.3 Å². The molecule has 0 N–H and O–H groups in total. The number of aromatic nitrogens is 20. The monoisotopic (exact) mass is 1400 g/mol. The number of hydrogen-bond acceptors (Lipinski definition) is 20. The predicted molar refractivity (Wildman–Crippen MR) is 358 cm³/mol. The van der Waals surface area contributed by atoms with Gasteiger partial charge in [0.2, 0.25) is 0 Å². The number of benzene rings is 4. The normalized spacial score (nSPS) is 12.2. The minimum Gasteiger partial charge on any atom is -0.488 e. The number of aryl methyl sites for hydroxylation is 10. The van der Waals surface area contributed by atoms with Gasteiger partial charge in [0.1, 0.15) is 49.4 Å². The molecule has 0 atom stereocenters. The van der Waals surface area contributed by atoms with E-state index in [4.69, 9.17) is 24.4 Å². The van der Waals surface area contributed by atoms with Crippen LogP contribution in [0.3, 0.4) is 0 Å². The van der Waals surface area contributed by atoms with Gasteiger partial charge in [0.25, 0.3) is 0 Å². The van der Waals surface area contributed by atoms with E-state index >= 15 is 0 Å². The van der Waals surface area contributed by atoms with E-state index in [1.54, 1.807) is 105 Å². The van der Waals surface area contributed by atoms with Gasteiger partial charge in [-0.25, -0.2) is 39.1 Å². The van der Waals surface area contributed by atoms with Gasteiger partial charge >= 0.3 is 22.8 Å². The van der Waals surface area contributed by atoms with Crippen LogP contribution in [0.5, 0.6) is 23.0 Å². The highest BCUT2D eigenvalue weighted by Crippen LogP contribution is 2.43. The third-order valence-corrected chi connectivity index (χ3v) is 16.1. The Kier molecular flexibility index (Phi) is 19.7. The molecule has 28 nitrogen and oxygen atoms in total. The third-order valence-electron chi connectivity index (χ3n) is 15.1. The van der Waals surface area contributed by atoms with E-state index in [2.05, 4.69) is 84.2 Å². The van der Waals surface area contributed by atoms with Gasteiger partial charge in [-0.3, -0.25) is 0 Å². The Hall–Kier alpha value is -11.1. The number of rotatable bonds is 18. The van der Waals surface area contributed by atoms with Crippen LogP contribution in [-0.2, 0) is 61.0 Å². The summed E-state index contributed by atoms with van der Waals surface area (Å²) < 4.78 is 64.5. The summed E-state index contributed by atoms with van der Waals surface area (Å²) in [5.74, 6) is 4.93. The molecular formula is C66H69IN20O8. The molecule has 0 aliphatic heterocycles. The fourth-order valence-corrected chi connectivity index (χ4v) is 10.1. The fraction of sp³-hybridized carbons (Fsp3) is 0.273. The van der Waals surface area contributed by atoms with Crippen LogP contribution in [0.15, 0.2) is 165 Å². The maximum absolute atomic E-state index is 12.3. The first-order valence-electron chi connectivity index (χ1n) is 31.8. The lowest BCUT2D eigenvalue weighted by Crippen LogP contribution is -2.24. The number of para-hydroxylation sites is 4. The zero-order chi connectivity index (χ0) is 70.8. The Labute approximate surface area is 563 Å². The molecule has 95 heavy (non-hydrogen) atoms. The molecule has 0 bridgehead atoms. The second kappa shape index (κ2) is 30.5. The van der Waals surface area contributed by atoms with E-state index in [1.165, 1.54) is 35.2 Å². The minimum absolute atomic E-state index is 0.225. The topological polar surface area (TPSA) is 299 Å². The largest absolute Gasteiger partial charge is 0.488 e. The molecule has 488 valence electrons. The van der Waals surface area contributed by atoms with Crippen LogP contribution in [0.1, 0.15) is 92.4 Å². The Morgan fingerprint density at radius 2 is 0.737 bits per heavy atom. The van der Waals surface area contributed by atoms with Crippen LogP contribution in [0.4, 0.5) is 0 Å². The second-order valence-corrected chi connectivity index (χ2v) is 22.9. The van der Waals surface area contributed by atoms with E-state index in [0.29, 0.717) is 76.4 Å². The van der Waals surface area contributed by atoms with E-state index in [9.17, 15) is 19.2 Å². The van der Waals surface area contributed by atoms with Crippen LogP contribution >= 0.6 is 22.6 Å². The maximum atomic E-state index is 12.3. The lowest BCUT2D eigenvalue weighted by molar-refractivity contribution is 0.301. The summed E-state index contributed by atoms with van der Waals surface area (Å²) in [6.45, 7) is 12.5. The van der Waals surface area contributed by atoms with Gasteiger partial charge in [0.05, 0.1) is 5.48 Å². The average Bonchev–Trinajstić information content (AvgIpc) is 1.68. The molecule has 4 aromatic carbocycles. The molecule has 8 aromatic heterocycles. The molecule has 1 aliphatic rings. The van der Waals surface area contributed by atoms with E-state index in [-0.39, 0.29) is 49.2 Å². The number of halogens is 1. The predicted octanol–water partition coefficient (Wildman–Crippen LogP) is 7.35. The standard InChI is InChI=1S/C18H19N5O2.C17H19N5O2.C16H17N5O2.C15H14IN5O2/c1-12-5-3-4-6-16(12)25-11-15-14(13-7-8-13)9-10-19-17(15)23-18(24)22(2)20-21-23;1-4-13-9-10-18-16(22-17(23)21(3)19-20-22)14(13)11-24-15-8-6-5-7-12(15)2;1-11-8-9-17-15(21-16(22)20(3)18-19-21)13(11)10-23-14-7-5-4-6-12(14)2;1-10-5-3-4-6-13(10)23-9-11-12(16)7-8-17-14(11)21-15(22)20(2)18-19-21/h3-6,9-10,13H,7-8,11H2,1-2H3;5-10H,4,11H2,1-3H3;4-9H,10H2,1-3H3;3-8H,9H2,1-2H3/i3T;5T;4T;3T. The van der Waals surface area contributed by atoms with Gasteiger partial charge in [0.15, 0.2) is 23.3 Å². The van der Waals surface area contributed by atoms with Crippen molar-refractivity contribution in [1.29, 1.82) is 0 Å². The van der Waals surface area contributed by atoms with Crippen molar-refractivity contribution in [2.45, 2.75) is 93.2 Å². The van der Waals surface area contributed by atoms with E-state index < -0.39 is 0 Å². The highest BCUT2D eigenvalue weighted by Gasteiger charge is 2.29. The van der Waals surface area contributed by atoms with Crippen molar-refractivity contribution in [1.82, 2.24) is 99.1 Å². The van der Waals surface area contributed by atoms with Gasteiger partial charge in [0, 0.05) is 78.8 Å². The summed E-state index contributed by atoms with van der Waals surface area (Å²) in [5, 5.41) is 30.5. The molecule has 0 spiro atoms. The summed E-state index contributed by atoms with van der Waals surface area (Å²) >= 11 is 2.17. The molecule has 0 saturated heterocycles. The summed E-state index contributed by atoms with van der Waals surface area (Å²) in [4.78, 5) is 65.9. The molecular weight excluding hydrogens is 1330 g/mol. The Morgan fingerprint density at radius 3 is 1.11 bits per heavy atom. The highest BCUT2D eigenvalue weighted by atomic mass is 127. The zero-order valence-electron chi connectivity index (χ0n) is 57.7. The molecule has 0 amide bonds. The maximum Gasteiger partial charge on any atom is 0.369 e. The number of ether oxygens (including phenoxy) is 4. The van der Waals surface area contributed by atoms with Crippen LogP contribution in [0, 0.1) is 38.2 Å². The van der Waals surface area contributed by atoms with Crippen molar-refractivity contribution < 1.29 is 24.4 Å². The summed E-state index contributed by atoms with van der Waals surface area (Å²) in [5.41, 5.74) is 8.33. The number of pyridine rings is 4. The van der Waals surface area contributed by atoms with Gasteiger partial charge in [-0.1, -0.05) is 79.6 Å². The van der Waals surface area contributed by atoms with E-state index in [0.717, 1.165) is 107 Å². The molecule has 1 aliphatic carbocycles. The number of hydrogen-bond donors (Lipinski definition) is 0. The molecule has 29 heteroatoms. The van der Waals surface area contributed by atoms with E-state index in [1.807, 2.05) is 65.8 Å². The zero-order valence-corrected chi connectivity index (χ0v) is 55.8. The first kappa shape index (κ1) is 61.4. The average molecular weight is 1410 g/mol. The summed E-state index contributed by atoms with van der Waals surface area (Å²) in [6.07, 6.45) is 9.61. The first-order chi connectivity index (χ1) is 47.5. The van der Waals surface area contributed by atoms with Gasteiger partial charge in [-0.15, -0.1) is 18.7 Å². The van der Waals surface area contributed by atoms with Gasteiger partial charge < -0.3 is 18.9 Å². The first-order valence-corrected chi connectivity index (χ1v) is 30.9. The summed E-state index contributed by atoms with van der Waals surface area (Å²) in [6, 6.07) is 30.1. The molecule has 0 radical (unpaired) electrons. The van der Waals surface area contributed by atoms with Crippen molar-refractivity contribution in [3.05, 3.63) is 253 Å². The smallest absolute Gasteiger partial charge is 0.369 e. The lowest BCUT2D eigenvalue weighted by atomic mass is 10.1. The van der Waals surface area contributed by atoms with Gasteiger partial charge in [-0.2, -0.15) is 18.7 Å². The van der Waals surface area contributed by atoms with Crippen LogP contribution in [0.2, 0.25) is 0 Å². The molecule has 1 fully saturated rings. The SMILES string of the molecule is [3H]c1ccc(OCc2c(C)ccnc2-n2nnn(C)c2=O)c(C)c1.[3H]c1ccc(OCc2c(C3CC3)ccnc2-n2nnn(C)c2=O)c(C)c1.[3H]c1ccc(OCc2c(CC)ccnc2-n2nnn(C)c2=O)c(C)c1.[3H]c1ccc(OCc2c(I)ccnc2-n2nnn(C)c2=O)c(C)c1. The third kappa shape index (κ3) is 15.7. The fourth-order valence-electron chi connectivity index (χ4n) is 9.54.